The number of ether oxygens (including phenoxy) is 1. The summed E-state index contributed by atoms with van der Waals surface area (Å²) < 4.78 is 5.74. The summed E-state index contributed by atoms with van der Waals surface area (Å²) in [5, 5.41) is 5.19. The fraction of sp³-hybridized carbons (Fsp3) is 0.429. The van der Waals surface area contributed by atoms with Crippen molar-refractivity contribution < 1.29 is 9.53 Å². The Labute approximate surface area is 127 Å². The SMILES string of the molecule is O=C1NC(=S)N(CC2CCCCO2)/C1=C/c1cccs1. The molecule has 1 aromatic heterocycles. The van der Waals surface area contributed by atoms with Crippen LogP contribution in [0.3, 0.4) is 0 Å². The van der Waals surface area contributed by atoms with E-state index in [9.17, 15) is 4.79 Å². The van der Waals surface area contributed by atoms with Gasteiger partial charge in [0.2, 0.25) is 0 Å². The Hall–Kier alpha value is -1.24. The van der Waals surface area contributed by atoms with E-state index in [-0.39, 0.29) is 12.0 Å². The van der Waals surface area contributed by atoms with Crippen LogP contribution in [0.5, 0.6) is 0 Å². The van der Waals surface area contributed by atoms with E-state index < -0.39 is 0 Å². The van der Waals surface area contributed by atoms with Crippen LogP contribution in [0.1, 0.15) is 24.1 Å². The molecule has 1 N–H and O–H groups in total. The molecule has 4 nitrogen and oxygen atoms in total. The highest BCUT2D eigenvalue weighted by Gasteiger charge is 2.32. The van der Waals surface area contributed by atoms with Gasteiger partial charge in [-0.25, -0.2) is 0 Å². The first-order chi connectivity index (χ1) is 9.74. The van der Waals surface area contributed by atoms with Gasteiger partial charge in [-0.15, -0.1) is 11.3 Å². The van der Waals surface area contributed by atoms with E-state index in [0.29, 0.717) is 17.4 Å². The standard InChI is InChI=1S/C14H16N2O2S2/c17-13-12(8-11-5-3-7-20-11)16(14(19)15-13)9-10-4-1-2-6-18-10/h3,5,7-8,10H,1-2,4,6,9H2,(H,15,17,19)/b12-8+. The lowest BCUT2D eigenvalue weighted by molar-refractivity contribution is -0.116. The molecule has 2 fully saturated rings. The maximum Gasteiger partial charge on any atom is 0.274 e. The molecule has 3 rings (SSSR count). The number of carbonyl (C=O) groups excluding carboxylic acids is 1. The fourth-order valence-electron chi connectivity index (χ4n) is 2.45. The summed E-state index contributed by atoms with van der Waals surface area (Å²) in [6.45, 7) is 1.45. The molecule has 0 saturated carbocycles. The predicted octanol–water partition coefficient (Wildman–Crippen LogP) is 2.37. The average molecular weight is 308 g/mol. The molecular formula is C14H16N2O2S2. The minimum atomic E-state index is -0.126. The number of hydrogen-bond donors (Lipinski definition) is 1. The van der Waals surface area contributed by atoms with Crippen LogP contribution in [-0.4, -0.2) is 35.2 Å². The first-order valence-corrected chi connectivity index (χ1v) is 8.02. The molecule has 0 aliphatic carbocycles. The van der Waals surface area contributed by atoms with E-state index in [1.165, 1.54) is 6.42 Å². The van der Waals surface area contributed by atoms with Crippen molar-refractivity contribution in [2.45, 2.75) is 25.4 Å². The third-order valence-corrected chi connectivity index (χ3v) is 4.61. The minimum absolute atomic E-state index is 0.126. The number of nitrogens with zero attached hydrogens (tertiary/aromatic N) is 1. The summed E-state index contributed by atoms with van der Waals surface area (Å²) in [4.78, 5) is 14.9. The highest BCUT2D eigenvalue weighted by Crippen LogP contribution is 2.22. The maximum atomic E-state index is 12.0. The van der Waals surface area contributed by atoms with Crippen LogP contribution < -0.4 is 5.32 Å². The van der Waals surface area contributed by atoms with E-state index in [0.717, 1.165) is 24.3 Å². The van der Waals surface area contributed by atoms with Crippen LogP contribution in [-0.2, 0) is 9.53 Å². The number of thiocarbonyl (C=S) groups is 1. The molecule has 1 amide bonds. The molecular weight excluding hydrogens is 292 g/mol. The summed E-state index contributed by atoms with van der Waals surface area (Å²) in [5.41, 5.74) is 0.617. The molecule has 1 aromatic rings. The number of carbonyl (C=O) groups is 1. The van der Waals surface area contributed by atoms with Crippen LogP contribution in [0.4, 0.5) is 0 Å². The Morgan fingerprint density at radius 2 is 2.45 bits per heavy atom. The number of thiophene rings is 1. The van der Waals surface area contributed by atoms with Crippen LogP contribution in [0, 0.1) is 0 Å². The van der Waals surface area contributed by atoms with Crippen molar-refractivity contribution in [2.24, 2.45) is 0 Å². The largest absolute Gasteiger partial charge is 0.376 e. The van der Waals surface area contributed by atoms with Gasteiger partial charge in [0.15, 0.2) is 5.11 Å². The molecule has 1 atom stereocenters. The summed E-state index contributed by atoms with van der Waals surface area (Å²) in [7, 11) is 0. The molecule has 6 heteroatoms. The van der Waals surface area contributed by atoms with Crippen molar-refractivity contribution in [1.29, 1.82) is 0 Å². The van der Waals surface area contributed by atoms with E-state index >= 15 is 0 Å². The van der Waals surface area contributed by atoms with Crippen LogP contribution in [0.25, 0.3) is 6.08 Å². The molecule has 2 saturated heterocycles. The van der Waals surface area contributed by atoms with Gasteiger partial charge in [-0.05, 0) is 49.0 Å². The second-order valence-corrected chi connectivity index (χ2v) is 6.27. The lowest BCUT2D eigenvalue weighted by Gasteiger charge is -2.27. The molecule has 0 radical (unpaired) electrons. The number of rotatable bonds is 3. The van der Waals surface area contributed by atoms with E-state index in [1.807, 2.05) is 28.5 Å². The van der Waals surface area contributed by atoms with E-state index in [2.05, 4.69) is 5.32 Å². The Balaban J connectivity index is 1.79. The van der Waals surface area contributed by atoms with Gasteiger partial charge in [0.25, 0.3) is 5.91 Å². The van der Waals surface area contributed by atoms with Crippen LogP contribution in [0.15, 0.2) is 23.2 Å². The maximum absolute atomic E-state index is 12.0. The number of nitrogens with one attached hydrogen (secondary N) is 1. The summed E-state index contributed by atoms with van der Waals surface area (Å²) in [6, 6.07) is 3.96. The van der Waals surface area contributed by atoms with Crippen molar-refractivity contribution >= 4 is 40.7 Å². The third kappa shape index (κ3) is 2.92. The first kappa shape index (κ1) is 13.7. The molecule has 1 unspecified atom stereocenters. The normalized spacial score (nSPS) is 25.3. The molecule has 106 valence electrons. The lowest BCUT2D eigenvalue weighted by Crippen LogP contribution is -2.37. The van der Waals surface area contributed by atoms with Crippen molar-refractivity contribution in [2.75, 3.05) is 13.2 Å². The molecule has 20 heavy (non-hydrogen) atoms. The van der Waals surface area contributed by atoms with Gasteiger partial charge in [0.05, 0.1) is 12.6 Å². The molecule has 3 heterocycles. The molecule has 2 aliphatic heterocycles. The highest BCUT2D eigenvalue weighted by molar-refractivity contribution is 7.80. The van der Waals surface area contributed by atoms with Crippen molar-refractivity contribution in [1.82, 2.24) is 10.2 Å². The third-order valence-electron chi connectivity index (χ3n) is 3.47. The number of hydrogen-bond acceptors (Lipinski definition) is 4. The summed E-state index contributed by atoms with van der Waals surface area (Å²) in [5.74, 6) is -0.126. The van der Waals surface area contributed by atoms with E-state index in [4.69, 9.17) is 17.0 Å². The van der Waals surface area contributed by atoms with Gasteiger partial charge in [0, 0.05) is 11.5 Å². The average Bonchev–Trinajstić information content (AvgIpc) is 3.04. The zero-order valence-corrected chi connectivity index (χ0v) is 12.6. The van der Waals surface area contributed by atoms with Crippen LogP contribution >= 0.6 is 23.6 Å². The van der Waals surface area contributed by atoms with Gasteiger partial charge < -0.3 is 9.64 Å². The second kappa shape index (κ2) is 6.03. The Morgan fingerprint density at radius 3 is 3.15 bits per heavy atom. The van der Waals surface area contributed by atoms with Gasteiger partial charge in [0.1, 0.15) is 5.70 Å². The zero-order valence-electron chi connectivity index (χ0n) is 11.0. The van der Waals surface area contributed by atoms with Gasteiger partial charge in [-0.1, -0.05) is 6.07 Å². The molecule has 2 aliphatic rings. The molecule has 0 spiro atoms. The first-order valence-electron chi connectivity index (χ1n) is 6.74. The fourth-order valence-corrected chi connectivity index (χ4v) is 3.37. The quantitative estimate of drug-likeness (QED) is 0.687. The predicted molar refractivity (Wildman–Crippen MR) is 83.3 cm³/mol. The Bertz CT molecular complexity index is 533. The minimum Gasteiger partial charge on any atom is -0.376 e. The molecule has 0 bridgehead atoms. The smallest absolute Gasteiger partial charge is 0.274 e. The van der Waals surface area contributed by atoms with Gasteiger partial charge in [-0.2, -0.15) is 0 Å². The zero-order chi connectivity index (χ0) is 13.9. The molecule has 0 aromatic carbocycles. The van der Waals surface area contributed by atoms with Crippen molar-refractivity contribution in [3.05, 3.63) is 28.1 Å². The van der Waals surface area contributed by atoms with E-state index in [1.54, 1.807) is 11.3 Å². The Morgan fingerprint density at radius 1 is 1.55 bits per heavy atom. The van der Waals surface area contributed by atoms with Gasteiger partial charge in [-0.3, -0.25) is 10.1 Å². The lowest BCUT2D eigenvalue weighted by atomic mass is 10.1. The topological polar surface area (TPSA) is 41.6 Å². The van der Waals surface area contributed by atoms with Gasteiger partial charge >= 0.3 is 0 Å². The summed E-state index contributed by atoms with van der Waals surface area (Å²) >= 11 is 6.86. The second-order valence-electron chi connectivity index (χ2n) is 4.90. The van der Waals surface area contributed by atoms with Crippen molar-refractivity contribution in [3.8, 4) is 0 Å². The monoisotopic (exact) mass is 308 g/mol. The highest BCUT2D eigenvalue weighted by atomic mass is 32.1. The number of amides is 1. The van der Waals surface area contributed by atoms with Crippen LogP contribution in [0.2, 0.25) is 0 Å². The van der Waals surface area contributed by atoms with Crippen molar-refractivity contribution in [3.63, 3.8) is 0 Å². The summed E-state index contributed by atoms with van der Waals surface area (Å²) in [6.07, 6.45) is 5.37. The Kier molecular flexibility index (Phi) is 4.14.